The summed E-state index contributed by atoms with van der Waals surface area (Å²) in [5.74, 6) is 1.45. The molecular weight excluding hydrogens is 298 g/mol. The monoisotopic (exact) mass is 327 g/mol. The molecule has 0 saturated heterocycles. The molecule has 0 aliphatic rings. The van der Waals surface area contributed by atoms with E-state index in [1.165, 1.54) is 11.1 Å². The van der Waals surface area contributed by atoms with Crippen molar-refractivity contribution in [2.24, 2.45) is 17.2 Å². The Labute approximate surface area is 138 Å². The van der Waals surface area contributed by atoms with E-state index in [-0.39, 0.29) is 6.04 Å². The Morgan fingerprint density at radius 2 is 1.82 bits per heavy atom. The number of carbonyl (C=O) groups excluding carboxylic acids is 1. The summed E-state index contributed by atoms with van der Waals surface area (Å²) >= 11 is 1.66. The molecule has 6 N–H and O–H groups in total. The number of primary amides is 1. The van der Waals surface area contributed by atoms with Crippen LogP contribution >= 0.6 is 11.8 Å². The van der Waals surface area contributed by atoms with Crippen LogP contribution in [0.5, 0.6) is 5.75 Å². The molecule has 22 heavy (non-hydrogen) atoms. The molecule has 0 aliphatic carbocycles. The minimum atomic E-state index is -0.461. The number of rotatable bonds is 7. The number of thioether (sulfide) groups is 1. The van der Waals surface area contributed by atoms with E-state index in [1.54, 1.807) is 11.8 Å². The summed E-state index contributed by atoms with van der Waals surface area (Å²) in [5.41, 5.74) is 18.2. The summed E-state index contributed by atoms with van der Waals surface area (Å²) in [5, 5.41) is 0. The van der Waals surface area contributed by atoms with Gasteiger partial charge in [-0.05, 0) is 50.3 Å². The maximum atomic E-state index is 10.3. The number of aryl methyl sites for hydroxylation is 2. The Balaban J connectivity index is 0.000000433. The number of amides is 1. The van der Waals surface area contributed by atoms with Crippen LogP contribution in [-0.4, -0.2) is 36.6 Å². The molecule has 6 heteroatoms. The summed E-state index contributed by atoms with van der Waals surface area (Å²) < 4.78 is 5.60. The molecule has 1 aromatic carbocycles. The minimum Gasteiger partial charge on any atom is -0.491 e. The van der Waals surface area contributed by atoms with Gasteiger partial charge in [0.05, 0.1) is 6.04 Å². The van der Waals surface area contributed by atoms with Gasteiger partial charge in [-0.3, -0.25) is 4.79 Å². The van der Waals surface area contributed by atoms with E-state index >= 15 is 0 Å². The molecule has 0 radical (unpaired) electrons. The lowest BCUT2D eigenvalue weighted by molar-refractivity contribution is -0.119. The van der Waals surface area contributed by atoms with Gasteiger partial charge < -0.3 is 21.9 Å². The van der Waals surface area contributed by atoms with Crippen molar-refractivity contribution < 1.29 is 9.53 Å². The highest BCUT2D eigenvalue weighted by atomic mass is 32.2. The van der Waals surface area contributed by atoms with Crippen LogP contribution in [-0.2, 0) is 4.79 Å². The molecule has 0 spiro atoms. The van der Waals surface area contributed by atoms with Crippen molar-refractivity contribution in [3.63, 3.8) is 0 Å². The van der Waals surface area contributed by atoms with Crippen LogP contribution in [0.3, 0.4) is 0 Å². The highest BCUT2D eigenvalue weighted by Crippen LogP contribution is 2.22. The van der Waals surface area contributed by atoms with E-state index in [0.717, 1.165) is 11.5 Å². The second-order valence-electron chi connectivity index (χ2n) is 5.30. The number of benzene rings is 1. The molecule has 1 aromatic rings. The van der Waals surface area contributed by atoms with E-state index < -0.39 is 11.9 Å². The summed E-state index contributed by atoms with van der Waals surface area (Å²) in [6, 6.07) is 5.74. The highest BCUT2D eigenvalue weighted by Gasteiger charge is 2.06. The van der Waals surface area contributed by atoms with Gasteiger partial charge in [-0.2, -0.15) is 11.8 Å². The average Bonchev–Trinajstić information content (AvgIpc) is 2.44. The van der Waals surface area contributed by atoms with Crippen LogP contribution in [0.4, 0.5) is 0 Å². The van der Waals surface area contributed by atoms with Crippen molar-refractivity contribution in [2.75, 3.05) is 18.6 Å². The molecule has 0 aromatic heterocycles. The van der Waals surface area contributed by atoms with Gasteiger partial charge >= 0.3 is 0 Å². The van der Waals surface area contributed by atoms with Gasteiger partial charge in [0, 0.05) is 6.04 Å². The number of ether oxygens (including phenoxy) is 1. The lowest BCUT2D eigenvalue weighted by Crippen LogP contribution is -2.36. The van der Waals surface area contributed by atoms with Crippen LogP contribution < -0.4 is 21.9 Å². The molecular formula is C16H29N3O2S. The van der Waals surface area contributed by atoms with Crippen molar-refractivity contribution >= 4 is 17.7 Å². The van der Waals surface area contributed by atoms with Gasteiger partial charge in [0.25, 0.3) is 0 Å². The largest absolute Gasteiger partial charge is 0.491 e. The molecule has 0 heterocycles. The van der Waals surface area contributed by atoms with E-state index in [2.05, 4.69) is 0 Å². The van der Waals surface area contributed by atoms with Crippen LogP contribution in [0.1, 0.15) is 24.5 Å². The molecule has 5 nitrogen and oxygen atoms in total. The maximum absolute atomic E-state index is 10.3. The van der Waals surface area contributed by atoms with Crippen LogP contribution in [0.15, 0.2) is 18.2 Å². The molecule has 0 saturated carbocycles. The van der Waals surface area contributed by atoms with Gasteiger partial charge in [0.2, 0.25) is 5.91 Å². The third-order valence-electron chi connectivity index (χ3n) is 2.90. The zero-order chi connectivity index (χ0) is 17.1. The van der Waals surface area contributed by atoms with E-state index in [4.69, 9.17) is 21.9 Å². The van der Waals surface area contributed by atoms with Crippen molar-refractivity contribution in [2.45, 2.75) is 39.3 Å². The first-order valence-electron chi connectivity index (χ1n) is 7.28. The SMILES string of the molecule is CSCCC(N)C(N)=O.Cc1cccc(C)c1OCC(C)N. The Morgan fingerprint density at radius 1 is 1.27 bits per heavy atom. The predicted molar refractivity (Wildman–Crippen MR) is 95.2 cm³/mol. The number of para-hydroxylation sites is 1. The Morgan fingerprint density at radius 3 is 2.23 bits per heavy atom. The zero-order valence-electron chi connectivity index (χ0n) is 14.0. The first-order chi connectivity index (χ1) is 10.3. The van der Waals surface area contributed by atoms with Crippen molar-refractivity contribution in [3.8, 4) is 5.75 Å². The third-order valence-corrected chi connectivity index (χ3v) is 3.54. The molecule has 0 fully saturated rings. The molecule has 2 unspecified atom stereocenters. The number of hydrogen-bond donors (Lipinski definition) is 3. The molecule has 0 aliphatic heterocycles. The van der Waals surface area contributed by atoms with Crippen molar-refractivity contribution in [3.05, 3.63) is 29.3 Å². The lowest BCUT2D eigenvalue weighted by Gasteiger charge is -2.13. The quantitative estimate of drug-likeness (QED) is 0.705. The fraction of sp³-hybridized carbons (Fsp3) is 0.562. The first-order valence-corrected chi connectivity index (χ1v) is 8.67. The Bertz CT molecular complexity index is 433. The third kappa shape index (κ3) is 8.92. The van der Waals surface area contributed by atoms with Crippen LogP contribution in [0, 0.1) is 13.8 Å². The van der Waals surface area contributed by atoms with Gasteiger partial charge in [0.1, 0.15) is 12.4 Å². The fourth-order valence-corrected chi connectivity index (χ4v) is 2.12. The molecule has 1 amide bonds. The van der Waals surface area contributed by atoms with Crippen LogP contribution in [0.25, 0.3) is 0 Å². The van der Waals surface area contributed by atoms with E-state index in [9.17, 15) is 4.79 Å². The van der Waals surface area contributed by atoms with Gasteiger partial charge in [-0.15, -0.1) is 0 Å². The van der Waals surface area contributed by atoms with Crippen molar-refractivity contribution in [1.29, 1.82) is 0 Å². The number of nitrogens with two attached hydrogens (primary N) is 3. The van der Waals surface area contributed by atoms with Gasteiger partial charge in [-0.25, -0.2) is 0 Å². The summed E-state index contributed by atoms with van der Waals surface area (Å²) in [4.78, 5) is 10.3. The van der Waals surface area contributed by atoms with E-state index in [1.807, 2.05) is 45.2 Å². The Kier molecular flexibility index (Phi) is 10.7. The molecule has 1 rings (SSSR count). The smallest absolute Gasteiger partial charge is 0.234 e. The molecule has 0 bridgehead atoms. The Hall–Kier alpha value is -1.24. The average molecular weight is 327 g/mol. The standard InChI is InChI=1S/C11H17NO.C5H12N2OS/c1-8-5-4-6-9(2)11(8)13-7-10(3)12;1-9-3-2-4(6)5(7)8/h4-6,10H,7,12H2,1-3H3;4H,2-3,6H2,1H3,(H2,7,8). The minimum absolute atomic E-state index is 0.0824. The lowest BCUT2D eigenvalue weighted by atomic mass is 10.1. The molecule has 126 valence electrons. The first kappa shape index (κ1) is 20.8. The van der Waals surface area contributed by atoms with Gasteiger partial charge in [-0.1, -0.05) is 18.2 Å². The topological polar surface area (TPSA) is 104 Å². The predicted octanol–water partition coefficient (Wildman–Crippen LogP) is 1.58. The summed E-state index contributed by atoms with van der Waals surface area (Å²) in [6.07, 6.45) is 2.64. The zero-order valence-corrected chi connectivity index (χ0v) is 14.8. The fourth-order valence-electron chi connectivity index (χ4n) is 1.63. The molecule has 2 atom stereocenters. The second-order valence-corrected chi connectivity index (χ2v) is 6.29. The summed E-state index contributed by atoms with van der Waals surface area (Å²) in [6.45, 7) is 6.60. The van der Waals surface area contributed by atoms with Crippen molar-refractivity contribution in [1.82, 2.24) is 0 Å². The maximum Gasteiger partial charge on any atom is 0.234 e. The van der Waals surface area contributed by atoms with Gasteiger partial charge in [0.15, 0.2) is 0 Å². The van der Waals surface area contributed by atoms with E-state index in [0.29, 0.717) is 13.0 Å². The second kappa shape index (κ2) is 11.3. The van der Waals surface area contributed by atoms with Crippen LogP contribution in [0.2, 0.25) is 0 Å². The highest BCUT2D eigenvalue weighted by molar-refractivity contribution is 7.98. The normalized spacial score (nSPS) is 12.8. The number of hydrogen-bond acceptors (Lipinski definition) is 5. The number of carbonyl (C=O) groups is 1. The summed E-state index contributed by atoms with van der Waals surface area (Å²) in [7, 11) is 0.